The molecule has 0 spiro atoms. The lowest BCUT2D eigenvalue weighted by Gasteiger charge is -2.30. The zero-order valence-corrected chi connectivity index (χ0v) is 13.9. The van der Waals surface area contributed by atoms with E-state index in [2.05, 4.69) is 5.32 Å². The fourth-order valence-corrected chi connectivity index (χ4v) is 2.10. The third-order valence-corrected chi connectivity index (χ3v) is 3.52. The van der Waals surface area contributed by atoms with E-state index in [-0.39, 0.29) is 36.7 Å². The molecule has 23 heavy (non-hydrogen) atoms. The minimum Gasteiger partial charge on any atom is -0.396 e. The van der Waals surface area contributed by atoms with Crippen LogP contribution in [0.5, 0.6) is 0 Å². The Balaban J connectivity index is 2.84. The molecule has 0 aliphatic rings. The van der Waals surface area contributed by atoms with Crippen LogP contribution >= 0.6 is 0 Å². The molecular formula is C17H25FN2O3. The third kappa shape index (κ3) is 5.98. The van der Waals surface area contributed by atoms with E-state index in [1.165, 1.54) is 17.0 Å². The number of aliphatic hydroxyl groups is 1. The van der Waals surface area contributed by atoms with Crippen LogP contribution in [0.2, 0.25) is 0 Å². The highest BCUT2D eigenvalue weighted by atomic mass is 19.1. The van der Waals surface area contributed by atoms with E-state index >= 15 is 0 Å². The number of amides is 2. The molecule has 1 aromatic carbocycles. The van der Waals surface area contributed by atoms with E-state index in [1.54, 1.807) is 32.9 Å². The monoisotopic (exact) mass is 324 g/mol. The number of carbonyl (C=O) groups is 2. The molecule has 5 nitrogen and oxygen atoms in total. The van der Waals surface area contributed by atoms with Crippen LogP contribution in [0.15, 0.2) is 24.3 Å². The second-order valence-electron chi connectivity index (χ2n) is 5.79. The fraction of sp³-hybridized carbons (Fsp3) is 0.529. The van der Waals surface area contributed by atoms with E-state index in [1.807, 2.05) is 0 Å². The normalized spacial score (nSPS) is 12.1. The summed E-state index contributed by atoms with van der Waals surface area (Å²) < 4.78 is 13.0. The number of aliphatic hydroxyl groups excluding tert-OH is 1. The van der Waals surface area contributed by atoms with E-state index in [0.717, 1.165) is 5.56 Å². The van der Waals surface area contributed by atoms with Crippen molar-refractivity contribution in [1.82, 2.24) is 10.2 Å². The Morgan fingerprint density at radius 1 is 1.22 bits per heavy atom. The molecule has 0 fully saturated rings. The number of hydrogen-bond donors (Lipinski definition) is 2. The van der Waals surface area contributed by atoms with E-state index in [9.17, 15) is 14.0 Å². The first-order chi connectivity index (χ1) is 10.9. The zero-order valence-electron chi connectivity index (χ0n) is 13.9. The number of benzene rings is 1. The summed E-state index contributed by atoms with van der Waals surface area (Å²) in [5.74, 6) is -0.998. The topological polar surface area (TPSA) is 69.6 Å². The average Bonchev–Trinajstić information content (AvgIpc) is 2.53. The Morgan fingerprint density at radius 3 is 2.35 bits per heavy atom. The maximum atomic E-state index is 13.0. The van der Waals surface area contributed by atoms with Crippen molar-refractivity contribution in [1.29, 1.82) is 0 Å². The van der Waals surface area contributed by atoms with Crippen LogP contribution in [-0.2, 0) is 16.1 Å². The van der Waals surface area contributed by atoms with Crippen LogP contribution in [-0.4, -0.2) is 41.0 Å². The second kappa shape index (κ2) is 9.25. The van der Waals surface area contributed by atoms with Crippen molar-refractivity contribution in [2.75, 3.05) is 13.2 Å². The minimum atomic E-state index is -0.645. The van der Waals surface area contributed by atoms with Crippen LogP contribution in [0.1, 0.15) is 32.8 Å². The Kier molecular flexibility index (Phi) is 7.68. The van der Waals surface area contributed by atoms with Gasteiger partial charge in [0.15, 0.2) is 0 Å². The molecule has 2 N–H and O–H groups in total. The van der Waals surface area contributed by atoms with Gasteiger partial charge in [0.2, 0.25) is 11.8 Å². The molecule has 6 heteroatoms. The van der Waals surface area contributed by atoms with Crippen molar-refractivity contribution in [2.24, 2.45) is 5.92 Å². The Hall–Kier alpha value is -1.95. The first-order valence-electron chi connectivity index (χ1n) is 7.80. The van der Waals surface area contributed by atoms with Gasteiger partial charge in [0, 0.05) is 25.6 Å². The maximum Gasteiger partial charge on any atom is 0.242 e. The molecule has 0 radical (unpaired) electrons. The van der Waals surface area contributed by atoms with Crippen molar-refractivity contribution in [3.63, 3.8) is 0 Å². The molecule has 0 aliphatic heterocycles. The molecule has 0 aliphatic carbocycles. The Labute approximate surface area is 136 Å². The standard InChI is InChI=1S/C17H25FN2O3/c1-12(2)17(23)20(11-14-5-7-15(18)8-6-14)13(3)16(22)19-9-4-10-21/h5-8,12-13,21H,4,9-11H2,1-3H3,(H,19,22)/t13-/m0/s1. The van der Waals surface area contributed by atoms with Gasteiger partial charge < -0.3 is 15.3 Å². The van der Waals surface area contributed by atoms with E-state index in [4.69, 9.17) is 5.11 Å². The summed E-state index contributed by atoms with van der Waals surface area (Å²) in [5, 5.41) is 11.5. The number of carbonyl (C=O) groups excluding carboxylic acids is 2. The van der Waals surface area contributed by atoms with Gasteiger partial charge in [-0.1, -0.05) is 26.0 Å². The molecule has 0 saturated heterocycles. The Bertz CT molecular complexity index is 517. The summed E-state index contributed by atoms with van der Waals surface area (Å²) in [6.45, 7) is 5.82. The molecule has 1 aromatic rings. The summed E-state index contributed by atoms with van der Waals surface area (Å²) in [6, 6.07) is 5.23. The average molecular weight is 324 g/mol. The highest BCUT2D eigenvalue weighted by Crippen LogP contribution is 2.13. The number of halogens is 1. The molecule has 0 bridgehead atoms. The predicted octanol–water partition coefficient (Wildman–Crippen LogP) is 1.70. The second-order valence-corrected chi connectivity index (χ2v) is 5.79. The van der Waals surface area contributed by atoms with E-state index in [0.29, 0.717) is 13.0 Å². The predicted molar refractivity (Wildman–Crippen MR) is 86.0 cm³/mol. The van der Waals surface area contributed by atoms with Gasteiger partial charge in [-0.15, -0.1) is 0 Å². The van der Waals surface area contributed by atoms with Crippen LogP contribution < -0.4 is 5.32 Å². The first-order valence-corrected chi connectivity index (χ1v) is 7.80. The third-order valence-electron chi connectivity index (χ3n) is 3.52. The SMILES string of the molecule is CC(C)C(=O)N(Cc1ccc(F)cc1)[C@@H](C)C(=O)NCCCO. The molecule has 2 amide bonds. The first kappa shape index (κ1) is 19.1. The lowest BCUT2D eigenvalue weighted by molar-refractivity contribution is -0.143. The van der Waals surface area contributed by atoms with Gasteiger partial charge in [-0.25, -0.2) is 4.39 Å². The van der Waals surface area contributed by atoms with Gasteiger partial charge in [-0.3, -0.25) is 9.59 Å². The van der Waals surface area contributed by atoms with Crippen LogP contribution in [0.3, 0.4) is 0 Å². The summed E-state index contributed by atoms with van der Waals surface area (Å²) in [4.78, 5) is 26.1. The molecular weight excluding hydrogens is 299 g/mol. The highest BCUT2D eigenvalue weighted by Gasteiger charge is 2.27. The lowest BCUT2D eigenvalue weighted by Crippen LogP contribution is -2.49. The van der Waals surface area contributed by atoms with Gasteiger partial charge in [0.05, 0.1) is 0 Å². The molecule has 0 heterocycles. The minimum absolute atomic E-state index is 0.00111. The fourth-order valence-electron chi connectivity index (χ4n) is 2.10. The van der Waals surface area contributed by atoms with Crippen molar-refractivity contribution in [3.8, 4) is 0 Å². The maximum absolute atomic E-state index is 13.0. The van der Waals surface area contributed by atoms with Crippen LogP contribution in [0.25, 0.3) is 0 Å². The van der Waals surface area contributed by atoms with Gasteiger partial charge >= 0.3 is 0 Å². The number of rotatable bonds is 8. The van der Waals surface area contributed by atoms with Crippen molar-refractivity contribution in [2.45, 2.75) is 39.8 Å². The van der Waals surface area contributed by atoms with Gasteiger partial charge in [-0.05, 0) is 31.0 Å². The molecule has 0 saturated carbocycles. The summed E-state index contributed by atoms with van der Waals surface area (Å²) in [7, 11) is 0. The van der Waals surface area contributed by atoms with Crippen molar-refractivity contribution >= 4 is 11.8 Å². The quantitative estimate of drug-likeness (QED) is 0.715. The van der Waals surface area contributed by atoms with Crippen molar-refractivity contribution in [3.05, 3.63) is 35.6 Å². The Morgan fingerprint density at radius 2 is 1.83 bits per heavy atom. The molecule has 0 unspecified atom stereocenters. The lowest BCUT2D eigenvalue weighted by atomic mass is 10.1. The smallest absolute Gasteiger partial charge is 0.242 e. The van der Waals surface area contributed by atoms with Crippen LogP contribution in [0.4, 0.5) is 4.39 Å². The summed E-state index contributed by atoms with van der Waals surface area (Å²) in [6.07, 6.45) is 0.467. The molecule has 1 rings (SSSR count). The molecule has 0 aromatic heterocycles. The van der Waals surface area contributed by atoms with Gasteiger partial charge in [0.25, 0.3) is 0 Å². The molecule has 128 valence electrons. The molecule has 1 atom stereocenters. The number of hydrogen-bond acceptors (Lipinski definition) is 3. The zero-order chi connectivity index (χ0) is 17.4. The van der Waals surface area contributed by atoms with Crippen molar-refractivity contribution < 1.29 is 19.1 Å². The van der Waals surface area contributed by atoms with Gasteiger partial charge in [-0.2, -0.15) is 0 Å². The summed E-state index contributed by atoms with van der Waals surface area (Å²) in [5.41, 5.74) is 0.760. The van der Waals surface area contributed by atoms with Gasteiger partial charge in [0.1, 0.15) is 11.9 Å². The number of nitrogens with zero attached hydrogens (tertiary/aromatic N) is 1. The highest BCUT2D eigenvalue weighted by molar-refractivity contribution is 5.88. The summed E-state index contributed by atoms with van der Waals surface area (Å²) >= 11 is 0. The van der Waals surface area contributed by atoms with E-state index < -0.39 is 6.04 Å². The number of nitrogens with one attached hydrogen (secondary N) is 1. The largest absolute Gasteiger partial charge is 0.396 e. The van der Waals surface area contributed by atoms with Crippen LogP contribution in [0, 0.1) is 11.7 Å².